The first-order chi connectivity index (χ1) is 11.3. The lowest BCUT2D eigenvalue weighted by molar-refractivity contribution is -0.137. The van der Waals surface area contributed by atoms with Gasteiger partial charge in [0, 0.05) is 25.6 Å². The SMILES string of the molecule is N#CN1CC2CCN(C(=O)Nc3ccc(C(F)(F)F)cc3F)C2C1. The van der Waals surface area contributed by atoms with Gasteiger partial charge in [-0.3, -0.25) is 0 Å². The van der Waals surface area contributed by atoms with E-state index < -0.39 is 23.6 Å². The molecule has 2 saturated heterocycles. The van der Waals surface area contributed by atoms with Crippen molar-refractivity contribution in [3.63, 3.8) is 0 Å². The number of hydrogen-bond donors (Lipinski definition) is 1. The maximum absolute atomic E-state index is 13.8. The summed E-state index contributed by atoms with van der Waals surface area (Å²) >= 11 is 0. The van der Waals surface area contributed by atoms with Gasteiger partial charge in [-0.05, 0) is 24.6 Å². The molecule has 0 saturated carbocycles. The monoisotopic (exact) mass is 342 g/mol. The molecule has 2 amide bonds. The van der Waals surface area contributed by atoms with Crippen molar-refractivity contribution in [3.05, 3.63) is 29.6 Å². The molecule has 0 bridgehead atoms. The van der Waals surface area contributed by atoms with Gasteiger partial charge in [0.2, 0.25) is 0 Å². The molecular weight excluding hydrogens is 328 g/mol. The highest BCUT2D eigenvalue weighted by molar-refractivity contribution is 5.90. The Balaban J connectivity index is 1.71. The third kappa shape index (κ3) is 2.96. The van der Waals surface area contributed by atoms with E-state index in [1.54, 1.807) is 4.90 Å². The first-order valence-electron chi connectivity index (χ1n) is 7.38. The molecule has 24 heavy (non-hydrogen) atoms. The number of urea groups is 1. The number of anilines is 1. The van der Waals surface area contributed by atoms with E-state index in [9.17, 15) is 22.4 Å². The van der Waals surface area contributed by atoms with Crippen molar-refractivity contribution in [2.75, 3.05) is 25.0 Å². The average molecular weight is 342 g/mol. The van der Waals surface area contributed by atoms with Crippen LogP contribution in [0.15, 0.2) is 18.2 Å². The molecule has 0 aromatic heterocycles. The second kappa shape index (κ2) is 5.85. The van der Waals surface area contributed by atoms with E-state index >= 15 is 0 Å². The molecule has 2 unspecified atom stereocenters. The topological polar surface area (TPSA) is 59.4 Å². The van der Waals surface area contributed by atoms with E-state index in [2.05, 4.69) is 5.32 Å². The predicted octanol–water partition coefficient (Wildman–Crippen LogP) is 2.86. The lowest BCUT2D eigenvalue weighted by atomic mass is 10.1. The van der Waals surface area contributed by atoms with E-state index in [0.717, 1.165) is 18.6 Å². The Hall–Kier alpha value is -2.50. The highest BCUT2D eigenvalue weighted by Gasteiger charge is 2.43. The van der Waals surface area contributed by atoms with E-state index in [1.807, 2.05) is 6.19 Å². The Kier molecular flexibility index (Phi) is 3.99. The Morgan fingerprint density at radius 3 is 2.71 bits per heavy atom. The second-order valence-corrected chi connectivity index (χ2v) is 5.94. The molecule has 128 valence electrons. The lowest BCUT2D eigenvalue weighted by Gasteiger charge is -2.24. The summed E-state index contributed by atoms with van der Waals surface area (Å²) in [6.45, 7) is 1.48. The molecule has 9 heteroatoms. The van der Waals surface area contributed by atoms with Crippen molar-refractivity contribution < 1.29 is 22.4 Å². The van der Waals surface area contributed by atoms with Crippen molar-refractivity contribution in [1.82, 2.24) is 9.80 Å². The molecule has 3 rings (SSSR count). The average Bonchev–Trinajstić information content (AvgIpc) is 3.07. The number of nitrogens with one attached hydrogen (secondary N) is 1. The van der Waals surface area contributed by atoms with Gasteiger partial charge in [0.1, 0.15) is 5.82 Å². The van der Waals surface area contributed by atoms with Gasteiger partial charge in [0.25, 0.3) is 0 Å². The molecule has 1 N–H and O–H groups in total. The summed E-state index contributed by atoms with van der Waals surface area (Å²) in [7, 11) is 0. The molecule has 2 aliphatic rings. The van der Waals surface area contributed by atoms with Crippen molar-refractivity contribution in [1.29, 1.82) is 5.26 Å². The summed E-state index contributed by atoms with van der Waals surface area (Å²) in [6.07, 6.45) is -1.86. The zero-order valence-electron chi connectivity index (χ0n) is 12.5. The van der Waals surface area contributed by atoms with Crippen LogP contribution in [0, 0.1) is 23.2 Å². The number of nitrogens with zero attached hydrogens (tertiary/aromatic N) is 3. The Bertz CT molecular complexity index is 700. The normalized spacial score (nSPS) is 23.1. The lowest BCUT2D eigenvalue weighted by Crippen LogP contribution is -2.41. The van der Waals surface area contributed by atoms with Crippen molar-refractivity contribution in [3.8, 4) is 6.19 Å². The van der Waals surface area contributed by atoms with Crippen LogP contribution in [0.3, 0.4) is 0 Å². The van der Waals surface area contributed by atoms with Crippen LogP contribution in [-0.4, -0.2) is 41.5 Å². The van der Waals surface area contributed by atoms with Crippen LogP contribution in [-0.2, 0) is 6.18 Å². The van der Waals surface area contributed by atoms with Gasteiger partial charge in [-0.25, -0.2) is 9.18 Å². The van der Waals surface area contributed by atoms with Crippen LogP contribution in [0.5, 0.6) is 0 Å². The van der Waals surface area contributed by atoms with E-state index in [0.29, 0.717) is 25.7 Å². The Morgan fingerprint density at radius 2 is 2.08 bits per heavy atom. The van der Waals surface area contributed by atoms with Gasteiger partial charge in [0.05, 0.1) is 17.3 Å². The van der Waals surface area contributed by atoms with Crippen LogP contribution in [0.25, 0.3) is 0 Å². The van der Waals surface area contributed by atoms with Crippen LogP contribution < -0.4 is 5.32 Å². The fraction of sp³-hybridized carbons (Fsp3) is 0.467. The molecular formula is C15H14F4N4O. The number of nitriles is 1. The fourth-order valence-electron chi connectivity index (χ4n) is 3.28. The first-order valence-corrected chi connectivity index (χ1v) is 7.38. The number of rotatable bonds is 1. The summed E-state index contributed by atoms with van der Waals surface area (Å²) in [6, 6.07) is 1.27. The summed E-state index contributed by atoms with van der Waals surface area (Å²) in [5.74, 6) is -0.952. The van der Waals surface area contributed by atoms with Crippen LogP contribution in [0.1, 0.15) is 12.0 Å². The van der Waals surface area contributed by atoms with Gasteiger partial charge in [-0.2, -0.15) is 18.4 Å². The van der Waals surface area contributed by atoms with Gasteiger partial charge < -0.3 is 15.1 Å². The van der Waals surface area contributed by atoms with Crippen molar-refractivity contribution >= 4 is 11.7 Å². The van der Waals surface area contributed by atoms with E-state index in [-0.39, 0.29) is 17.6 Å². The molecule has 1 aromatic carbocycles. The van der Waals surface area contributed by atoms with Crippen molar-refractivity contribution in [2.45, 2.75) is 18.6 Å². The molecule has 0 radical (unpaired) electrons. The summed E-state index contributed by atoms with van der Waals surface area (Å²) < 4.78 is 51.4. The Labute approximate surface area is 135 Å². The number of fused-ring (bicyclic) bond motifs is 1. The first kappa shape index (κ1) is 16.4. The zero-order chi connectivity index (χ0) is 17.5. The van der Waals surface area contributed by atoms with Gasteiger partial charge in [-0.15, -0.1) is 0 Å². The van der Waals surface area contributed by atoms with Gasteiger partial charge in [0.15, 0.2) is 6.19 Å². The maximum atomic E-state index is 13.8. The predicted molar refractivity (Wildman–Crippen MR) is 76.2 cm³/mol. The standard InChI is InChI=1S/C15H14F4N4O/c16-11-5-10(15(17,18)19)1-2-12(11)21-14(24)23-4-3-9-6-22(8-20)7-13(9)23/h1-2,5,9,13H,3-4,6-7H2,(H,21,24). The smallest absolute Gasteiger partial charge is 0.319 e. The third-order valence-electron chi connectivity index (χ3n) is 4.49. The minimum absolute atomic E-state index is 0.137. The second-order valence-electron chi connectivity index (χ2n) is 5.94. The fourth-order valence-corrected chi connectivity index (χ4v) is 3.28. The molecule has 2 heterocycles. The van der Waals surface area contributed by atoms with Crippen LogP contribution in [0.4, 0.5) is 28.0 Å². The highest BCUT2D eigenvalue weighted by atomic mass is 19.4. The van der Waals surface area contributed by atoms with Crippen LogP contribution in [0.2, 0.25) is 0 Å². The number of alkyl halides is 3. The number of carbonyl (C=O) groups is 1. The zero-order valence-corrected chi connectivity index (χ0v) is 12.5. The number of halogens is 4. The quantitative estimate of drug-likeness (QED) is 0.631. The number of carbonyl (C=O) groups excluding carboxylic acids is 1. The van der Waals surface area contributed by atoms with Gasteiger partial charge >= 0.3 is 12.2 Å². The highest BCUT2D eigenvalue weighted by Crippen LogP contribution is 2.33. The number of amides is 2. The van der Waals surface area contributed by atoms with Crippen molar-refractivity contribution in [2.24, 2.45) is 5.92 Å². The van der Waals surface area contributed by atoms with E-state index in [4.69, 9.17) is 5.26 Å². The number of likely N-dealkylation sites (tertiary alicyclic amines) is 2. The van der Waals surface area contributed by atoms with E-state index in [1.165, 1.54) is 4.90 Å². The largest absolute Gasteiger partial charge is 0.416 e. The number of hydrogen-bond acceptors (Lipinski definition) is 3. The molecule has 2 aliphatic heterocycles. The molecule has 2 atom stereocenters. The third-order valence-corrected chi connectivity index (χ3v) is 4.49. The minimum atomic E-state index is -4.64. The van der Waals surface area contributed by atoms with Gasteiger partial charge in [-0.1, -0.05) is 0 Å². The Morgan fingerprint density at radius 1 is 1.33 bits per heavy atom. The summed E-state index contributed by atoms with van der Waals surface area (Å²) in [4.78, 5) is 15.4. The molecule has 2 fully saturated rings. The molecule has 1 aromatic rings. The van der Waals surface area contributed by atoms with Crippen LogP contribution >= 0.6 is 0 Å². The molecule has 0 spiro atoms. The summed E-state index contributed by atoms with van der Waals surface area (Å²) in [5.41, 5.74) is -1.41. The maximum Gasteiger partial charge on any atom is 0.416 e. The molecule has 5 nitrogen and oxygen atoms in total. The molecule has 0 aliphatic carbocycles. The minimum Gasteiger partial charge on any atom is -0.319 e. The number of benzene rings is 1. The summed E-state index contributed by atoms with van der Waals surface area (Å²) in [5, 5.41) is 11.2.